The first-order valence-corrected chi connectivity index (χ1v) is 12.4. The van der Waals surface area contributed by atoms with Gasteiger partial charge in [-0.15, -0.1) is 0 Å². The number of guanidine groups is 1. The van der Waals surface area contributed by atoms with Gasteiger partial charge in [-0.3, -0.25) is 15.2 Å². The zero-order chi connectivity index (χ0) is 22.6. The number of hydrogen-bond donors (Lipinski definition) is 2. The Labute approximate surface area is 188 Å². The number of nitrogens with one attached hydrogen (secondary N) is 2. The Morgan fingerprint density at radius 1 is 1.09 bits per heavy atom. The lowest BCUT2D eigenvalue weighted by atomic mass is 9.94. The van der Waals surface area contributed by atoms with Crippen LogP contribution in [-0.4, -0.2) is 65.1 Å². The van der Waals surface area contributed by atoms with Crippen LogP contribution in [0.2, 0.25) is 0 Å². The van der Waals surface area contributed by atoms with Gasteiger partial charge in [-0.25, -0.2) is 17.7 Å². The van der Waals surface area contributed by atoms with E-state index in [2.05, 4.69) is 15.3 Å². The number of benzene rings is 1. The molecule has 4 rings (SSSR count). The Morgan fingerprint density at radius 3 is 2.53 bits per heavy atom. The summed E-state index contributed by atoms with van der Waals surface area (Å²) < 4.78 is 27.5. The van der Waals surface area contributed by atoms with Crippen molar-refractivity contribution in [3.8, 4) is 0 Å². The maximum atomic E-state index is 13.1. The fourth-order valence-electron chi connectivity index (χ4n) is 4.32. The van der Waals surface area contributed by atoms with Crippen LogP contribution in [0.15, 0.2) is 47.8 Å². The molecule has 1 aliphatic heterocycles. The highest BCUT2D eigenvalue weighted by Gasteiger charge is 2.38. The van der Waals surface area contributed by atoms with E-state index in [-0.39, 0.29) is 28.5 Å². The first-order valence-electron chi connectivity index (χ1n) is 11.0. The minimum atomic E-state index is -3.76. The van der Waals surface area contributed by atoms with E-state index in [1.807, 2.05) is 4.90 Å². The third kappa shape index (κ3) is 4.74. The van der Waals surface area contributed by atoms with Crippen molar-refractivity contribution in [2.45, 2.75) is 49.5 Å². The molecule has 9 nitrogen and oxygen atoms in total. The highest BCUT2D eigenvalue weighted by Crippen LogP contribution is 2.28. The molecule has 2 aromatic rings. The second kappa shape index (κ2) is 9.64. The Kier molecular flexibility index (Phi) is 6.69. The van der Waals surface area contributed by atoms with Crippen molar-refractivity contribution in [1.29, 1.82) is 5.41 Å². The van der Waals surface area contributed by atoms with Crippen LogP contribution in [0.3, 0.4) is 0 Å². The summed E-state index contributed by atoms with van der Waals surface area (Å²) in [6.07, 6.45) is 10.5. The SMILES string of the molecule is N=C1N(C2CCCCC2)CCN1S(=O)(=O)c1ccc(CCNC(=O)c2cnccn2)cc1. The molecule has 0 spiro atoms. The second-order valence-corrected chi connectivity index (χ2v) is 9.99. The molecule has 0 radical (unpaired) electrons. The number of carbonyl (C=O) groups is 1. The van der Waals surface area contributed by atoms with E-state index < -0.39 is 10.0 Å². The Hall–Kier alpha value is -3.01. The number of aromatic nitrogens is 2. The number of rotatable bonds is 7. The highest BCUT2D eigenvalue weighted by molar-refractivity contribution is 7.89. The summed E-state index contributed by atoms with van der Waals surface area (Å²) in [7, 11) is -3.76. The molecule has 0 unspecified atom stereocenters. The van der Waals surface area contributed by atoms with E-state index in [1.165, 1.54) is 29.3 Å². The Morgan fingerprint density at radius 2 is 1.84 bits per heavy atom. The smallest absolute Gasteiger partial charge is 0.271 e. The van der Waals surface area contributed by atoms with E-state index in [0.717, 1.165) is 31.2 Å². The molecular weight excluding hydrogens is 428 g/mol. The Balaban J connectivity index is 1.34. The predicted molar refractivity (Wildman–Crippen MR) is 120 cm³/mol. The lowest BCUT2D eigenvalue weighted by Gasteiger charge is -2.32. The number of nitrogens with zero attached hydrogens (tertiary/aromatic N) is 4. The second-order valence-electron chi connectivity index (χ2n) is 8.13. The average molecular weight is 457 g/mol. The van der Waals surface area contributed by atoms with Crippen LogP contribution in [0.25, 0.3) is 0 Å². The van der Waals surface area contributed by atoms with Crippen molar-refractivity contribution in [2.75, 3.05) is 19.6 Å². The molecule has 1 amide bonds. The van der Waals surface area contributed by atoms with Crippen LogP contribution < -0.4 is 5.32 Å². The number of hydrogen-bond acceptors (Lipinski definition) is 6. The third-order valence-corrected chi connectivity index (χ3v) is 7.88. The van der Waals surface area contributed by atoms with E-state index >= 15 is 0 Å². The number of sulfonamides is 1. The van der Waals surface area contributed by atoms with E-state index in [4.69, 9.17) is 5.41 Å². The lowest BCUT2D eigenvalue weighted by molar-refractivity contribution is 0.0948. The first kappa shape index (κ1) is 22.2. The van der Waals surface area contributed by atoms with Crippen molar-refractivity contribution < 1.29 is 13.2 Å². The predicted octanol–water partition coefficient (Wildman–Crippen LogP) is 2.02. The van der Waals surface area contributed by atoms with Crippen molar-refractivity contribution >= 4 is 21.9 Å². The van der Waals surface area contributed by atoms with Gasteiger partial charge in [0.15, 0.2) is 0 Å². The van der Waals surface area contributed by atoms with Gasteiger partial charge in [0, 0.05) is 31.5 Å². The molecule has 0 atom stereocenters. The fourth-order valence-corrected chi connectivity index (χ4v) is 5.71. The Bertz CT molecular complexity index is 1050. The minimum absolute atomic E-state index is 0.0905. The molecule has 1 aromatic heterocycles. The van der Waals surface area contributed by atoms with Crippen molar-refractivity contribution in [2.24, 2.45) is 0 Å². The zero-order valence-corrected chi connectivity index (χ0v) is 18.7. The van der Waals surface area contributed by atoms with Gasteiger partial charge in [0.1, 0.15) is 5.69 Å². The summed E-state index contributed by atoms with van der Waals surface area (Å²) in [5.41, 5.74) is 1.16. The summed E-state index contributed by atoms with van der Waals surface area (Å²) in [5.74, 6) is -0.208. The number of carbonyl (C=O) groups excluding carboxylic acids is 1. The standard InChI is InChI=1S/C22H28N6O3S/c23-22-27(18-4-2-1-3-5-18)14-15-28(22)32(30,31)19-8-6-17(7-9-19)10-11-26-21(29)20-16-24-12-13-25-20/h6-9,12-13,16,18,23H,1-5,10-11,14-15H2,(H,26,29). The van der Waals surface area contributed by atoms with Crippen LogP contribution in [-0.2, 0) is 16.4 Å². The molecule has 2 heterocycles. The topological polar surface area (TPSA) is 119 Å². The van der Waals surface area contributed by atoms with Gasteiger partial charge < -0.3 is 10.2 Å². The van der Waals surface area contributed by atoms with Gasteiger partial charge in [-0.2, -0.15) is 0 Å². The van der Waals surface area contributed by atoms with Gasteiger partial charge >= 0.3 is 0 Å². The minimum Gasteiger partial charge on any atom is -0.350 e. The van der Waals surface area contributed by atoms with Gasteiger partial charge in [0.05, 0.1) is 17.6 Å². The van der Waals surface area contributed by atoms with Crippen LogP contribution in [0.1, 0.15) is 48.2 Å². The summed E-state index contributed by atoms with van der Waals surface area (Å²) in [6.45, 7) is 1.29. The normalized spacial score (nSPS) is 17.6. The van der Waals surface area contributed by atoms with Gasteiger partial charge in [0.25, 0.3) is 15.9 Å². The lowest BCUT2D eigenvalue weighted by Crippen LogP contribution is -2.42. The average Bonchev–Trinajstić information content (AvgIpc) is 3.22. The fraction of sp³-hybridized carbons (Fsp3) is 0.455. The molecule has 2 N–H and O–H groups in total. The summed E-state index contributed by atoms with van der Waals surface area (Å²) in [4.78, 5) is 22.0. The molecular formula is C22H28N6O3S. The number of amides is 1. The maximum Gasteiger partial charge on any atom is 0.271 e. The van der Waals surface area contributed by atoms with Crippen molar-refractivity contribution in [3.05, 3.63) is 54.1 Å². The molecule has 2 aliphatic rings. The largest absolute Gasteiger partial charge is 0.350 e. The monoisotopic (exact) mass is 456 g/mol. The quantitative estimate of drug-likeness (QED) is 0.658. The van der Waals surface area contributed by atoms with E-state index in [1.54, 1.807) is 24.3 Å². The molecule has 1 saturated heterocycles. The molecule has 1 aliphatic carbocycles. The van der Waals surface area contributed by atoms with Crippen molar-refractivity contribution in [3.63, 3.8) is 0 Å². The van der Waals surface area contributed by atoms with Gasteiger partial charge in [-0.1, -0.05) is 31.4 Å². The van der Waals surface area contributed by atoms with Gasteiger partial charge in [-0.05, 0) is 37.0 Å². The molecule has 1 aromatic carbocycles. The van der Waals surface area contributed by atoms with Crippen LogP contribution >= 0.6 is 0 Å². The van der Waals surface area contributed by atoms with E-state index in [0.29, 0.717) is 26.1 Å². The summed E-state index contributed by atoms with van der Waals surface area (Å²) in [6, 6.07) is 6.92. The molecule has 170 valence electrons. The zero-order valence-electron chi connectivity index (χ0n) is 17.9. The van der Waals surface area contributed by atoms with Crippen LogP contribution in [0, 0.1) is 5.41 Å². The molecule has 32 heavy (non-hydrogen) atoms. The van der Waals surface area contributed by atoms with Crippen LogP contribution in [0.5, 0.6) is 0 Å². The van der Waals surface area contributed by atoms with E-state index in [9.17, 15) is 13.2 Å². The molecule has 1 saturated carbocycles. The molecule has 0 bridgehead atoms. The summed E-state index contributed by atoms with van der Waals surface area (Å²) >= 11 is 0. The summed E-state index contributed by atoms with van der Waals surface area (Å²) in [5, 5.41) is 11.2. The van der Waals surface area contributed by atoms with Gasteiger partial charge in [0.2, 0.25) is 5.96 Å². The van der Waals surface area contributed by atoms with Crippen molar-refractivity contribution in [1.82, 2.24) is 24.5 Å². The molecule has 10 heteroatoms. The first-order chi connectivity index (χ1) is 15.5. The molecule has 2 fully saturated rings. The van der Waals surface area contributed by atoms with Crippen LogP contribution in [0.4, 0.5) is 0 Å². The highest BCUT2D eigenvalue weighted by atomic mass is 32.2. The third-order valence-electron chi connectivity index (χ3n) is 6.07. The maximum absolute atomic E-state index is 13.1.